The van der Waals surface area contributed by atoms with Crippen LogP contribution in [0.3, 0.4) is 0 Å². The Balaban J connectivity index is 1.89. The minimum atomic E-state index is -1.42. The van der Waals surface area contributed by atoms with Gasteiger partial charge in [-0.2, -0.15) is 0 Å². The molecule has 4 unspecified atom stereocenters. The summed E-state index contributed by atoms with van der Waals surface area (Å²) in [5, 5.41) is 30.6. The van der Waals surface area contributed by atoms with Crippen LogP contribution in [0.1, 0.15) is 0 Å². The third kappa shape index (κ3) is 3.42. The summed E-state index contributed by atoms with van der Waals surface area (Å²) in [5.41, 5.74) is 0. The van der Waals surface area contributed by atoms with Gasteiger partial charge in [0, 0.05) is 0 Å². The molecule has 104 valence electrons. The van der Waals surface area contributed by atoms with Crippen molar-refractivity contribution in [3.63, 3.8) is 0 Å². The van der Waals surface area contributed by atoms with Crippen LogP contribution in [0.4, 0.5) is 4.79 Å². The minimum Gasteiger partial charge on any atom is -0.410 e. The van der Waals surface area contributed by atoms with Gasteiger partial charge in [-0.05, 0) is 12.1 Å². The van der Waals surface area contributed by atoms with Gasteiger partial charge in [0.2, 0.25) is 0 Å². The van der Waals surface area contributed by atoms with Crippen molar-refractivity contribution in [1.29, 1.82) is 0 Å². The van der Waals surface area contributed by atoms with E-state index in [-0.39, 0.29) is 6.61 Å². The van der Waals surface area contributed by atoms with Crippen molar-refractivity contribution in [3.05, 3.63) is 30.3 Å². The third-order valence-corrected chi connectivity index (χ3v) is 2.71. The molecule has 19 heavy (non-hydrogen) atoms. The van der Waals surface area contributed by atoms with E-state index >= 15 is 0 Å². The Morgan fingerprint density at radius 3 is 2.58 bits per heavy atom. The van der Waals surface area contributed by atoms with Gasteiger partial charge in [0.05, 0.1) is 6.61 Å². The molecule has 0 radical (unpaired) electrons. The first-order valence-electron chi connectivity index (χ1n) is 5.77. The largest absolute Gasteiger partial charge is 0.414 e. The fourth-order valence-electron chi connectivity index (χ4n) is 1.67. The molecule has 0 spiro atoms. The molecule has 2 rings (SSSR count). The van der Waals surface area contributed by atoms with Crippen LogP contribution in [0.25, 0.3) is 0 Å². The number of nitrogens with one attached hydrogen (secondary N) is 1. The Hall–Kier alpha value is -1.67. The Kier molecular flexibility index (Phi) is 4.33. The molecule has 1 aromatic carbocycles. The maximum absolute atomic E-state index is 11.5. The van der Waals surface area contributed by atoms with Gasteiger partial charge in [0.1, 0.15) is 24.1 Å². The zero-order valence-corrected chi connectivity index (χ0v) is 9.97. The average molecular weight is 269 g/mol. The van der Waals surface area contributed by atoms with Gasteiger partial charge >= 0.3 is 6.09 Å². The number of benzene rings is 1. The number of amides is 1. The average Bonchev–Trinajstić information content (AvgIpc) is 2.41. The summed E-state index contributed by atoms with van der Waals surface area (Å²) in [5.74, 6) is 0.339. The lowest BCUT2D eigenvalue weighted by atomic mass is 10.0. The molecule has 7 nitrogen and oxygen atoms in total. The highest BCUT2D eigenvalue weighted by Crippen LogP contribution is 2.14. The van der Waals surface area contributed by atoms with E-state index in [4.69, 9.17) is 9.47 Å². The predicted molar refractivity (Wildman–Crippen MR) is 63.4 cm³/mol. The summed E-state index contributed by atoms with van der Waals surface area (Å²) in [6.45, 7) is -0.186. The smallest absolute Gasteiger partial charge is 0.410 e. The second-order valence-electron chi connectivity index (χ2n) is 4.15. The number of para-hydroxylation sites is 1. The molecule has 4 atom stereocenters. The lowest BCUT2D eigenvalue weighted by Gasteiger charge is -2.35. The van der Waals surface area contributed by atoms with Crippen molar-refractivity contribution in [3.8, 4) is 5.75 Å². The predicted octanol–water partition coefficient (Wildman–Crippen LogP) is -0.786. The van der Waals surface area contributed by atoms with Gasteiger partial charge in [-0.1, -0.05) is 18.2 Å². The Bertz CT molecular complexity index is 425. The molecule has 1 aliphatic heterocycles. The fourth-order valence-corrected chi connectivity index (χ4v) is 1.67. The molecular formula is C12H15NO6. The van der Waals surface area contributed by atoms with Crippen LogP contribution >= 0.6 is 0 Å². The molecule has 4 N–H and O–H groups in total. The van der Waals surface area contributed by atoms with Gasteiger partial charge in [0.15, 0.2) is 6.23 Å². The number of aliphatic hydroxyl groups excluding tert-OH is 3. The maximum Gasteiger partial charge on any atom is 0.414 e. The van der Waals surface area contributed by atoms with Gasteiger partial charge < -0.3 is 24.8 Å². The molecule has 0 saturated carbocycles. The molecule has 7 heteroatoms. The van der Waals surface area contributed by atoms with Gasteiger partial charge in [-0.15, -0.1) is 0 Å². The van der Waals surface area contributed by atoms with Crippen LogP contribution in [0, 0.1) is 0 Å². The topological polar surface area (TPSA) is 108 Å². The number of carbonyl (C=O) groups is 1. The molecule has 0 aromatic heterocycles. The SMILES string of the molecule is O=C(NC1OCC(O)C(O)C1O)Oc1ccccc1. The number of hydrogen-bond acceptors (Lipinski definition) is 6. The number of aliphatic hydroxyl groups is 3. The molecule has 1 saturated heterocycles. The Morgan fingerprint density at radius 1 is 1.21 bits per heavy atom. The molecule has 0 aliphatic carbocycles. The van der Waals surface area contributed by atoms with Gasteiger partial charge in [-0.3, -0.25) is 5.32 Å². The second-order valence-corrected chi connectivity index (χ2v) is 4.15. The normalized spacial score (nSPS) is 30.7. The number of rotatable bonds is 2. The highest BCUT2D eigenvalue weighted by Gasteiger charge is 2.38. The first kappa shape index (κ1) is 13.8. The van der Waals surface area contributed by atoms with Crippen LogP contribution in [-0.2, 0) is 4.74 Å². The summed E-state index contributed by atoms with van der Waals surface area (Å²) in [6, 6.07) is 8.37. The van der Waals surface area contributed by atoms with Crippen molar-refractivity contribution in [2.75, 3.05) is 6.61 Å². The van der Waals surface area contributed by atoms with Crippen molar-refractivity contribution in [2.45, 2.75) is 24.5 Å². The van der Waals surface area contributed by atoms with E-state index in [1.54, 1.807) is 30.3 Å². The summed E-state index contributed by atoms with van der Waals surface area (Å²) in [4.78, 5) is 11.5. The van der Waals surface area contributed by atoms with Crippen LogP contribution in [-0.4, -0.2) is 52.6 Å². The molecule has 1 heterocycles. The summed E-state index contributed by atoms with van der Waals surface area (Å²) >= 11 is 0. The fraction of sp³-hybridized carbons (Fsp3) is 0.417. The Morgan fingerprint density at radius 2 is 1.89 bits per heavy atom. The van der Waals surface area contributed by atoms with E-state index in [0.717, 1.165) is 0 Å². The summed E-state index contributed by atoms with van der Waals surface area (Å²) in [6.07, 6.45) is -5.94. The van der Waals surface area contributed by atoms with Crippen molar-refractivity contribution in [2.24, 2.45) is 0 Å². The lowest BCUT2D eigenvalue weighted by molar-refractivity contribution is -0.192. The summed E-state index contributed by atoms with van der Waals surface area (Å²) < 4.78 is 9.95. The van der Waals surface area contributed by atoms with E-state index in [9.17, 15) is 20.1 Å². The van der Waals surface area contributed by atoms with E-state index < -0.39 is 30.6 Å². The Labute approximate surface area is 109 Å². The van der Waals surface area contributed by atoms with E-state index in [1.807, 2.05) is 0 Å². The highest BCUT2D eigenvalue weighted by molar-refractivity contribution is 5.70. The monoisotopic (exact) mass is 269 g/mol. The van der Waals surface area contributed by atoms with Gasteiger partial charge in [-0.25, -0.2) is 4.79 Å². The van der Waals surface area contributed by atoms with Gasteiger partial charge in [0.25, 0.3) is 0 Å². The summed E-state index contributed by atoms with van der Waals surface area (Å²) in [7, 11) is 0. The maximum atomic E-state index is 11.5. The highest BCUT2D eigenvalue weighted by atomic mass is 16.6. The van der Waals surface area contributed by atoms with Crippen LogP contribution in [0.15, 0.2) is 30.3 Å². The molecule has 1 fully saturated rings. The zero-order valence-electron chi connectivity index (χ0n) is 9.97. The first-order valence-corrected chi connectivity index (χ1v) is 5.77. The number of carbonyl (C=O) groups excluding carboxylic acids is 1. The minimum absolute atomic E-state index is 0.186. The van der Waals surface area contributed by atoms with E-state index in [2.05, 4.69) is 5.32 Å². The van der Waals surface area contributed by atoms with Crippen LogP contribution < -0.4 is 10.1 Å². The third-order valence-electron chi connectivity index (χ3n) is 2.71. The van der Waals surface area contributed by atoms with Crippen molar-refractivity contribution >= 4 is 6.09 Å². The number of hydrogen-bond donors (Lipinski definition) is 4. The number of ether oxygens (including phenoxy) is 2. The standard InChI is InChI=1S/C12H15NO6/c14-8-6-18-11(10(16)9(8)15)13-12(17)19-7-4-2-1-3-5-7/h1-5,8-11,14-16H,6H2,(H,13,17). The quantitative estimate of drug-likeness (QED) is 0.560. The molecule has 1 aromatic rings. The van der Waals surface area contributed by atoms with Crippen molar-refractivity contribution in [1.82, 2.24) is 5.32 Å². The zero-order chi connectivity index (χ0) is 13.8. The molecular weight excluding hydrogens is 254 g/mol. The first-order chi connectivity index (χ1) is 9.08. The lowest BCUT2D eigenvalue weighted by Crippen LogP contribution is -2.59. The van der Waals surface area contributed by atoms with Crippen molar-refractivity contribution < 1.29 is 29.6 Å². The van der Waals surface area contributed by atoms with E-state index in [0.29, 0.717) is 5.75 Å². The van der Waals surface area contributed by atoms with Crippen LogP contribution in [0.2, 0.25) is 0 Å². The molecule has 1 amide bonds. The van der Waals surface area contributed by atoms with Crippen LogP contribution in [0.5, 0.6) is 5.75 Å². The van der Waals surface area contributed by atoms with E-state index in [1.165, 1.54) is 0 Å². The molecule has 1 aliphatic rings. The molecule has 0 bridgehead atoms. The second kappa shape index (κ2) is 5.98.